The van der Waals surface area contributed by atoms with Crippen LogP contribution in [0.2, 0.25) is 0 Å². The van der Waals surface area contributed by atoms with Gasteiger partial charge in [0, 0.05) is 27.1 Å². The molecule has 134 valence electrons. The SMILES string of the molecule is CCN(C(C)=O)c1ccccc1N(C)Cc1ccc(OC(C)C)cc1. The number of rotatable bonds is 7. The zero-order valence-electron chi connectivity index (χ0n) is 15.8. The minimum absolute atomic E-state index is 0.0542. The number of anilines is 2. The third kappa shape index (κ3) is 4.99. The first-order valence-corrected chi connectivity index (χ1v) is 8.76. The molecule has 25 heavy (non-hydrogen) atoms. The fraction of sp³-hybridized carbons (Fsp3) is 0.381. The van der Waals surface area contributed by atoms with E-state index in [-0.39, 0.29) is 12.0 Å². The van der Waals surface area contributed by atoms with Crippen LogP contribution in [-0.4, -0.2) is 25.6 Å². The first-order chi connectivity index (χ1) is 11.9. The Morgan fingerprint density at radius 1 is 1.04 bits per heavy atom. The number of nitrogens with zero attached hydrogens (tertiary/aromatic N) is 2. The second-order valence-electron chi connectivity index (χ2n) is 6.42. The molecule has 0 bridgehead atoms. The molecule has 4 nitrogen and oxygen atoms in total. The van der Waals surface area contributed by atoms with E-state index in [2.05, 4.69) is 23.1 Å². The van der Waals surface area contributed by atoms with E-state index >= 15 is 0 Å². The maximum absolute atomic E-state index is 11.9. The van der Waals surface area contributed by atoms with Crippen molar-refractivity contribution in [1.29, 1.82) is 0 Å². The zero-order chi connectivity index (χ0) is 18.4. The van der Waals surface area contributed by atoms with Crippen molar-refractivity contribution in [1.82, 2.24) is 0 Å². The van der Waals surface area contributed by atoms with Gasteiger partial charge < -0.3 is 14.5 Å². The molecular weight excluding hydrogens is 312 g/mol. The van der Waals surface area contributed by atoms with Crippen molar-refractivity contribution in [2.75, 3.05) is 23.4 Å². The van der Waals surface area contributed by atoms with E-state index in [1.165, 1.54) is 5.56 Å². The lowest BCUT2D eigenvalue weighted by atomic mass is 10.1. The topological polar surface area (TPSA) is 32.8 Å². The average molecular weight is 340 g/mol. The number of benzene rings is 2. The summed E-state index contributed by atoms with van der Waals surface area (Å²) in [4.78, 5) is 15.9. The molecule has 0 aliphatic rings. The molecular formula is C21H28N2O2. The average Bonchev–Trinajstić information content (AvgIpc) is 2.57. The minimum Gasteiger partial charge on any atom is -0.491 e. The third-order valence-corrected chi connectivity index (χ3v) is 3.99. The molecule has 0 aliphatic carbocycles. The van der Waals surface area contributed by atoms with E-state index in [0.29, 0.717) is 6.54 Å². The molecule has 0 atom stereocenters. The highest BCUT2D eigenvalue weighted by Gasteiger charge is 2.15. The van der Waals surface area contributed by atoms with Gasteiger partial charge in [-0.3, -0.25) is 4.79 Å². The monoisotopic (exact) mass is 340 g/mol. The lowest BCUT2D eigenvalue weighted by Crippen LogP contribution is -2.30. The van der Waals surface area contributed by atoms with Gasteiger partial charge >= 0.3 is 0 Å². The van der Waals surface area contributed by atoms with Crippen molar-refractivity contribution >= 4 is 17.3 Å². The van der Waals surface area contributed by atoms with Crippen LogP contribution in [0.15, 0.2) is 48.5 Å². The van der Waals surface area contributed by atoms with Crippen molar-refractivity contribution in [2.45, 2.75) is 40.3 Å². The van der Waals surface area contributed by atoms with Crippen LogP contribution in [0, 0.1) is 0 Å². The molecule has 4 heteroatoms. The molecule has 2 aromatic rings. The number of carbonyl (C=O) groups excluding carboxylic acids is 1. The van der Waals surface area contributed by atoms with Crippen LogP contribution in [0.1, 0.15) is 33.3 Å². The first-order valence-electron chi connectivity index (χ1n) is 8.76. The molecule has 0 aromatic heterocycles. The Labute approximate surface area is 151 Å². The highest BCUT2D eigenvalue weighted by atomic mass is 16.5. The van der Waals surface area contributed by atoms with Gasteiger partial charge in [-0.2, -0.15) is 0 Å². The van der Waals surface area contributed by atoms with E-state index in [4.69, 9.17) is 4.74 Å². The molecule has 0 unspecified atom stereocenters. The van der Waals surface area contributed by atoms with E-state index in [1.807, 2.05) is 58.2 Å². The quantitative estimate of drug-likeness (QED) is 0.745. The molecule has 2 aromatic carbocycles. The van der Waals surface area contributed by atoms with Crippen molar-refractivity contribution < 1.29 is 9.53 Å². The molecule has 0 aliphatic heterocycles. The standard InChI is InChI=1S/C21H28N2O2/c1-6-23(17(4)24)21-10-8-7-9-20(21)22(5)15-18-11-13-19(14-12-18)25-16(2)3/h7-14,16H,6,15H2,1-5H3. The van der Waals surface area contributed by atoms with E-state index < -0.39 is 0 Å². The molecule has 0 spiro atoms. The summed E-state index contributed by atoms with van der Waals surface area (Å²) in [5, 5.41) is 0. The molecule has 0 saturated carbocycles. The van der Waals surface area contributed by atoms with Crippen LogP contribution < -0.4 is 14.5 Å². The summed E-state index contributed by atoms with van der Waals surface area (Å²) >= 11 is 0. The van der Waals surface area contributed by atoms with Crippen LogP contribution in [0.25, 0.3) is 0 Å². The molecule has 0 radical (unpaired) electrons. The van der Waals surface area contributed by atoms with Crippen molar-refractivity contribution in [3.63, 3.8) is 0 Å². The van der Waals surface area contributed by atoms with Gasteiger partial charge in [0.05, 0.1) is 17.5 Å². The van der Waals surface area contributed by atoms with Crippen molar-refractivity contribution in [3.05, 3.63) is 54.1 Å². The van der Waals surface area contributed by atoms with Crippen LogP contribution in [0.4, 0.5) is 11.4 Å². The summed E-state index contributed by atoms with van der Waals surface area (Å²) in [5.41, 5.74) is 3.18. The van der Waals surface area contributed by atoms with Crippen LogP contribution in [0.5, 0.6) is 5.75 Å². The highest BCUT2D eigenvalue weighted by Crippen LogP contribution is 2.29. The Morgan fingerprint density at radius 2 is 1.64 bits per heavy atom. The summed E-state index contributed by atoms with van der Waals surface area (Å²) in [7, 11) is 2.05. The maximum atomic E-state index is 11.9. The van der Waals surface area contributed by atoms with Gasteiger partial charge in [-0.1, -0.05) is 24.3 Å². The fourth-order valence-electron chi connectivity index (χ4n) is 2.88. The van der Waals surface area contributed by atoms with Crippen LogP contribution >= 0.6 is 0 Å². The van der Waals surface area contributed by atoms with Gasteiger partial charge in [0.15, 0.2) is 0 Å². The number of hydrogen-bond donors (Lipinski definition) is 0. The van der Waals surface area contributed by atoms with Gasteiger partial charge in [0.25, 0.3) is 0 Å². The van der Waals surface area contributed by atoms with Crippen LogP contribution in [0.3, 0.4) is 0 Å². The summed E-state index contributed by atoms with van der Waals surface area (Å²) in [5.74, 6) is 0.939. The van der Waals surface area contributed by atoms with Gasteiger partial charge in [-0.05, 0) is 50.6 Å². The molecule has 0 N–H and O–H groups in total. The van der Waals surface area contributed by atoms with Gasteiger partial charge in [0.1, 0.15) is 5.75 Å². The second kappa shape index (κ2) is 8.56. The van der Waals surface area contributed by atoms with Crippen molar-refractivity contribution in [2.24, 2.45) is 0 Å². The van der Waals surface area contributed by atoms with Gasteiger partial charge in [-0.25, -0.2) is 0 Å². The Bertz CT molecular complexity index is 695. The number of hydrogen-bond acceptors (Lipinski definition) is 3. The predicted octanol–water partition coefficient (Wildman–Crippen LogP) is 4.48. The highest BCUT2D eigenvalue weighted by molar-refractivity contribution is 5.95. The summed E-state index contributed by atoms with van der Waals surface area (Å²) in [6.45, 7) is 9.05. The van der Waals surface area contributed by atoms with E-state index in [0.717, 1.165) is 23.7 Å². The largest absolute Gasteiger partial charge is 0.491 e. The molecule has 0 heterocycles. The summed E-state index contributed by atoms with van der Waals surface area (Å²) in [6, 6.07) is 16.2. The van der Waals surface area contributed by atoms with E-state index in [9.17, 15) is 4.79 Å². The number of ether oxygens (including phenoxy) is 1. The van der Waals surface area contributed by atoms with Crippen molar-refractivity contribution in [3.8, 4) is 5.75 Å². The third-order valence-electron chi connectivity index (χ3n) is 3.99. The second-order valence-corrected chi connectivity index (χ2v) is 6.42. The molecule has 1 amide bonds. The van der Waals surface area contributed by atoms with Gasteiger partial charge in [0.2, 0.25) is 5.91 Å². The zero-order valence-corrected chi connectivity index (χ0v) is 15.8. The first kappa shape index (κ1) is 18.8. The normalized spacial score (nSPS) is 10.6. The predicted molar refractivity (Wildman–Crippen MR) is 104 cm³/mol. The summed E-state index contributed by atoms with van der Waals surface area (Å²) < 4.78 is 5.69. The minimum atomic E-state index is 0.0542. The van der Waals surface area contributed by atoms with Gasteiger partial charge in [-0.15, -0.1) is 0 Å². The number of carbonyl (C=O) groups is 1. The van der Waals surface area contributed by atoms with Crippen LogP contribution in [-0.2, 0) is 11.3 Å². The Hall–Kier alpha value is -2.49. The smallest absolute Gasteiger partial charge is 0.223 e. The lowest BCUT2D eigenvalue weighted by molar-refractivity contribution is -0.116. The Morgan fingerprint density at radius 3 is 2.16 bits per heavy atom. The lowest BCUT2D eigenvalue weighted by Gasteiger charge is -2.28. The molecule has 0 saturated heterocycles. The molecule has 2 rings (SSSR count). The Kier molecular flexibility index (Phi) is 6.45. The maximum Gasteiger partial charge on any atom is 0.223 e. The summed E-state index contributed by atoms with van der Waals surface area (Å²) in [6.07, 6.45) is 0.173. The number of para-hydroxylation sites is 2. The molecule has 0 fully saturated rings. The Balaban J connectivity index is 2.18. The van der Waals surface area contributed by atoms with E-state index in [1.54, 1.807) is 11.8 Å². The fourth-order valence-corrected chi connectivity index (χ4v) is 2.88. The number of amides is 1.